The van der Waals surface area contributed by atoms with Crippen LogP contribution in [0.2, 0.25) is 0 Å². The van der Waals surface area contributed by atoms with Gasteiger partial charge in [-0.15, -0.1) is 0 Å². The lowest BCUT2D eigenvalue weighted by atomic mass is 10.2. The fourth-order valence-electron chi connectivity index (χ4n) is 2.93. The molecule has 1 amide bonds. The van der Waals surface area contributed by atoms with E-state index in [4.69, 9.17) is 4.74 Å². The Bertz CT molecular complexity index is 1230. The van der Waals surface area contributed by atoms with Crippen LogP contribution in [0.1, 0.15) is 24.2 Å². The van der Waals surface area contributed by atoms with Crippen LogP contribution >= 0.6 is 23.1 Å². The Morgan fingerprint density at radius 1 is 1.20 bits per heavy atom. The molecule has 0 fully saturated rings. The fraction of sp³-hybridized carbons (Fsp3) is 0.333. The molecule has 2 aromatic carbocycles. The first-order chi connectivity index (χ1) is 14.4. The molecular weight excluding hydrogens is 440 g/mol. The molecule has 0 saturated heterocycles. The first kappa shape index (κ1) is 22.6. The third kappa shape index (κ3) is 4.96. The molecule has 0 spiro atoms. The first-order valence-electron chi connectivity index (χ1n) is 9.56. The molecule has 3 aromatic rings. The quantitative estimate of drug-likeness (QED) is 0.504. The van der Waals surface area contributed by atoms with Crippen LogP contribution in [0.3, 0.4) is 0 Å². The summed E-state index contributed by atoms with van der Waals surface area (Å²) in [6.45, 7) is 4.81. The third-order valence-electron chi connectivity index (χ3n) is 4.50. The zero-order valence-corrected chi connectivity index (χ0v) is 19.6. The Kier molecular flexibility index (Phi) is 7.38. The van der Waals surface area contributed by atoms with Gasteiger partial charge in [-0.2, -0.15) is 16.8 Å². The number of aryl methyl sites for hydroxylation is 1. The summed E-state index contributed by atoms with van der Waals surface area (Å²) in [5.41, 5.74) is 1.25. The lowest BCUT2D eigenvalue weighted by Gasteiger charge is -2.06. The maximum Gasteiger partial charge on any atom is 0.279 e. The van der Waals surface area contributed by atoms with E-state index in [0.717, 1.165) is 21.7 Å². The second-order valence-corrected chi connectivity index (χ2v) is 10.7. The van der Waals surface area contributed by atoms with Gasteiger partial charge < -0.3 is 9.30 Å². The summed E-state index contributed by atoms with van der Waals surface area (Å²) in [6.07, 6.45) is 2.03. The number of fused-ring (bicyclic) bond motifs is 1. The largest absolute Gasteiger partial charge is 0.494 e. The molecule has 9 heteroatoms. The van der Waals surface area contributed by atoms with Gasteiger partial charge in [0.05, 0.1) is 27.5 Å². The summed E-state index contributed by atoms with van der Waals surface area (Å²) in [7, 11) is -3.39. The summed E-state index contributed by atoms with van der Waals surface area (Å²) in [5.74, 6) is 1.18. The molecule has 0 bridgehead atoms. The number of amides is 1. The van der Waals surface area contributed by atoms with Crippen LogP contribution in [0, 0.1) is 0 Å². The number of thiazole rings is 1. The summed E-state index contributed by atoms with van der Waals surface area (Å²) in [6, 6.07) is 11.9. The lowest BCUT2D eigenvalue weighted by Crippen LogP contribution is -2.18. The van der Waals surface area contributed by atoms with E-state index in [1.54, 1.807) is 30.8 Å². The molecule has 0 aliphatic heterocycles. The Labute approximate surface area is 184 Å². The molecule has 0 unspecified atom stereocenters. The van der Waals surface area contributed by atoms with Gasteiger partial charge >= 0.3 is 0 Å². The van der Waals surface area contributed by atoms with Gasteiger partial charge in [0.1, 0.15) is 5.75 Å². The molecule has 0 aliphatic rings. The van der Waals surface area contributed by atoms with E-state index in [1.165, 1.54) is 23.5 Å². The average Bonchev–Trinajstić information content (AvgIpc) is 3.08. The van der Waals surface area contributed by atoms with Gasteiger partial charge in [-0.25, -0.2) is 8.42 Å². The zero-order valence-electron chi connectivity index (χ0n) is 17.1. The molecule has 0 saturated carbocycles. The molecule has 0 atom stereocenters. The fourth-order valence-corrected chi connectivity index (χ4v) is 5.31. The van der Waals surface area contributed by atoms with Gasteiger partial charge in [0.2, 0.25) is 0 Å². The highest BCUT2D eigenvalue weighted by molar-refractivity contribution is 7.98. The summed E-state index contributed by atoms with van der Waals surface area (Å²) in [5, 5.41) is 0. The molecule has 1 heterocycles. The standard InChI is InChI=1S/C21H24N2O4S3/c1-4-27-16-9-10-18-19(14-16)29-21(23(18)11-12-28-3)22-20(24)15-7-6-8-17(13-15)30(25,26)5-2/h6-10,13-14H,4-5,11-12H2,1-3H3. The van der Waals surface area contributed by atoms with Crippen molar-refractivity contribution < 1.29 is 17.9 Å². The van der Waals surface area contributed by atoms with Gasteiger partial charge in [0.15, 0.2) is 14.6 Å². The molecule has 3 rings (SSSR count). The topological polar surface area (TPSA) is 77.7 Å². The monoisotopic (exact) mass is 464 g/mol. The molecule has 6 nitrogen and oxygen atoms in total. The predicted molar refractivity (Wildman–Crippen MR) is 123 cm³/mol. The Hall–Kier alpha value is -2.10. The number of hydrogen-bond donors (Lipinski definition) is 0. The van der Waals surface area contributed by atoms with Crippen molar-refractivity contribution >= 4 is 49.1 Å². The minimum Gasteiger partial charge on any atom is -0.494 e. The molecular formula is C21H24N2O4S3. The number of carbonyl (C=O) groups excluding carboxylic acids is 1. The molecule has 0 radical (unpaired) electrons. The number of rotatable bonds is 8. The number of hydrogen-bond acceptors (Lipinski definition) is 6. The van der Waals surface area contributed by atoms with E-state index in [2.05, 4.69) is 4.99 Å². The van der Waals surface area contributed by atoms with Crippen molar-refractivity contribution in [3.05, 3.63) is 52.8 Å². The highest BCUT2D eigenvalue weighted by Gasteiger charge is 2.15. The first-order valence-corrected chi connectivity index (χ1v) is 13.4. The van der Waals surface area contributed by atoms with Crippen molar-refractivity contribution in [2.24, 2.45) is 4.99 Å². The van der Waals surface area contributed by atoms with Gasteiger partial charge in [-0.1, -0.05) is 24.3 Å². The van der Waals surface area contributed by atoms with Crippen LogP contribution in [0.25, 0.3) is 10.2 Å². The van der Waals surface area contributed by atoms with Gasteiger partial charge in [-0.05, 0) is 49.6 Å². The number of sulfone groups is 1. The summed E-state index contributed by atoms with van der Waals surface area (Å²) >= 11 is 3.14. The molecule has 1 aromatic heterocycles. The van der Waals surface area contributed by atoms with E-state index < -0.39 is 15.7 Å². The smallest absolute Gasteiger partial charge is 0.279 e. The number of thioether (sulfide) groups is 1. The Morgan fingerprint density at radius 2 is 2.00 bits per heavy atom. The van der Waals surface area contributed by atoms with Crippen LogP contribution in [0.5, 0.6) is 5.75 Å². The number of ether oxygens (including phenoxy) is 1. The van der Waals surface area contributed by atoms with Crippen LogP contribution in [-0.2, 0) is 16.4 Å². The Morgan fingerprint density at radius 3 is 2.70 bits per heavy atom. The second-order valence-electron chi connectivity index (χ2n) is 6.44. The Balaban J connectivity index is 2.08. The van der Waals surface area contributed by atoms with Crippen molar-refractivity contribution in [2.75, 3.05) is 24.4 Å². The average molecular weight is 465 g/mol. The number of nitrogens with zero attached hydrogens (tertiary/aromatic N) is 2. The van der Waals surface area contributed by atoms with Crippen molar-refractivity contribution in [2.45, 2.75) is 25.3 Å². The van der Waals surface area contributed by atoms with Crippen LogP contribution < -0.4 is 9.54 Å². The summed E-state index contributed by atoms with van der Waals surface area (Å²) < 4.78 is 32.9. The van der Waals surface area contributed by atoms with E-state index in [1.807, 2.05) is 35.9 Å². The van der Waals surface area contributed by atoms with E-state index in [-0.39, 0.29) is 16.2 Å². The predicted octanol–water partition coefficient (Wildman–Crippen LogP) is 4.00. The van der Waals surface area contributed by atoms with E-state index in [9.17, 15) is 13.2 Å². The van der Waals surface area contributed by atoms with Crippen molar-refractivity contribution in [1.29, 1.82) is 0 Å². The minimum atomic E-state index is -3.39. The maximum atomic E-state index is 12.9. The molecule has 30 heavy (non-hydrogen) atoms. The third-order valence-corrected chi connectivity index (χ3v) is 7.87. The maximum absolute atomic E-state index is 12.9. The normalized spacial score (nSPS) is 12.4. The van der Waals surface area contributed by atoms with Crippen molar-refractivity contribution in [1.82, 2.24) is 4.57 Å². The lowest BCUT2D eigenvalue weighted by molar-refractivity contribution is 0.0997. The zero-order chi connectivity index (χ0) is 21.7. The van der Waals surface area contributed by atoms with Crippen LogP contribution in [0.4, 0.5) is 0 Å². The SMILES string of the molecule is CCOc1ccc2c(c1)sc(=NC(=O)c1cccc(S(=O)(=O)CC)c1)n2CCSC. The molecule has 0 N–H and O–H groups in total. The molecule has 160 valence electrons. The van der Waals surface area contributed by atoms with E-state index in [0.29, 0.717) is 18.0 Å². The minimum absolute atomic E-state index is 0.0189. The number of carbonyl (C=O) groups is 1. The second kappa shape index (κ2) is 9.80. The van der Waals surface area contributed by atoms with Gasteiger partial charge in [0, 0.05) is 17.9 Å². The van der Waals surface area contributed by atoms with Crippen molar-refractivity contribution in [3.63, 3.8) is 0 Å². The highest BCUT2D eigenvalue weighted by atomic mass is 32.2. The highest BCUT2D eigenvalue weighted by Crippen LogP contribution is 2.24. The van der Waals surface area contributed by atoms with Crippen molar-refractivity contribution in [3.8, 4) is 5.75 Å². The van der Waals surface area contributed by atoms with Crippen LogP contribution in [0.15, 0.2) is 52.4 Å². The number of aromatic nitrogens is 1. The van der Waals surface area contributed by atoms with Crippen LogP contribution in [-0.4, -0.2) is 43.3 Å². The van der Waals surface area contributed by atoms with Gasteiger partial charge in [-0.3, -0.25) is 4.79 Å². The van der Waals surface area contributed by atoms with E-state index >= 15 is 0 Å². The molecule has 0 aliphatic carbocycles. The summed E-state index contributed by atoms with van der Waals surface area (Å²) in [4.78, 5) is 17.9. The number of benzene rings is 2. The van der Waals surface area contributed by atoms with Gasteiger partial charge in [0.25, 0.3) is 5.91 Å².